The van der Waals surface area contributed by atoms with Crippen LogP contribution in [-0.2, 0) is 17.6 Å². The standard InChI is InChI=1S/C16H22N2O2/c1-2-16(20)10-18(11-16)9-15(19)17-14-7-6-12-4-3-5-13(12)8-14/h6-8,20H,2-5,9-11H2,1H3,(H,17,19). The molecule has 3 rings (SSSR count). The van der Waals surface area contributed by atoms with E-state index in [4.69, 9.17) is 0 Å². The molecule has 0 saturated carbocycles. The monoisotopic (exact) mass is 274 g/mol. The van der Waals surface area contributed by atoms with Crippen LogP contribution in [0.15, 0.2) is 18.2 Å². The van der Waals surface area contributed by atoms with E-state index in [1.165, 1.54) is 17.5 Å². The average molecular weight is 274 g/mol. The molecule has 2 aliphatic rings. The molecule has 108 valence electrons. The maximum Gasteiger partial charge on any atom is 0.238 e. The fraction of sp³-hybridized carbons (Fsp3) is 0.562. The van der Waals surface area contributed by atoms with Crippen molar-refractivity contribution in [3.05, 3.63) is 29.3 Å². The Labute approximate surface area is 119 Å². The highest BCUT2D eigenvalue weighted by Gasteiger charge is 2.39. The van der Waals surface area contributed by atoms with Crippen LogP contribution in [0.2, 0.25) is 0 Å². The zero-order valence-corrected chi connectivity index (χ0v) is 12.0. The zero-order valence-electron chi connectivity index (χ0n) is 12.0. The molecule has 4 nitrogen and oxygen atoms in total. The molecule has 0 bridgehead atoms. The predicted octanol–water partition coefficient (Wildman–Crippen LogP) is 1.57. The summed E-state index contributed by atoms with van der Waals surface area (Å²) < 4.78 is 0. The van der Waals surface area contributed by atoms with Gasteiger partial charge in [0.2, 0.25) is 5.91 Å². The number of nitrogens with zero attached hydrogens (tertiary/aromatic N) is 1. The van der Waals surface area contributed by atoms with Gasteiger partial charge < -0.3 is 10.4 Å². The second-order valence-electron chi connectivity index (χ2n) is 6.11. The Morgan fingerprint density at radius 2 is 2.10 bits per heavy atom. The first kappa shape index (κ1) is 13.6. The van der Waals surface area contributed by atoms with Crippen molar-refractivity contribution in [2.45, 2.75) is 38.2 Å². The number of β-amino-alcohol motifs (C(OH)–C–C–N with tert-alkyl or cyclic N) is 1. The van der Waals surface area contributed by atoms with E-state index in [1.807, 2.05) is 17.9 Å². The predicted molar refractivity (Wildman–Crippen MR) is 78.8 cm³/mol. The molecule has 1 aromatic rings. The van der Waals surface area contributed by atoms with E-state index in [1.54, 1.807) is 0 Å². The number of amides is 1. The van der Waals surface area contributed by atoms with Crippen LogP contribution in [0.4, 0.5) is 5.69 Å². The quantitative estimate of drug-likeness (QED) is 0.876. The summed E-state index contributed by atoms with van der Waals surface area (Å²) in [7, 11) is 0. The molecular weight excluding hydrogens is 252 g/mol. The molecule has 1 fully saturated rings. The van der Waals surface area contributed by atoms with Gasteiger partial charge in [-0.2, -0.15) is 0 Å². The van der Waals surface area contributed by atoms with E-state index in [-0.39, 0.29) is 5.91 Å². The number of nitrogens with one attached hydrogen (secondary N) is 1. The molecule has 1 amide bonds. The van der Waals surface area contributed by atoms with Crippen molar-refractivity contribution in [3.63, 3.8) is 0 Å². The van der Waals surface area contributed by atoms with Crippen molar-refractivity contribution in [3.8, 4) is 0 Å². The number of likely N-dealkylation sites (tertiary alicyclic amines) is 1. The van der Waals surface area contributed by atoms with Gasteiger partial charge in [-0.05, 0) is 48.9 Å². The Balaban J connectivity index is 1.52. The molecule has 0 atom stereocenters. The number of aryl methyl sites for hydroxylation is 2. The highest BCUT2D eigenvalue weighted by atomic mass is 16.3. The summed E-state index contributed by atoms with van der Waals surface area (Å²) in [6, 6.07) is 6.21. The Hall–Kier alpha value is -1.39. The van der Waals surface area contributed by atoms with Gasteiger partial charge in [-0.1, -0.05) is 13.0 Å². The molecule has 2 N–H and O–H groups in total. The minimum absolute atomic E-state index is 0.00102. The Morgan fingerprint density at radius 1 is 1.35 bits per heavy atom. The van der Waals surface area contributed by atoms with E-state index in [0.29, 0.717) is 19.6 Å². The third kappa shape index (κ3) is 2.72. The molecule has 1 saturated heterocycles. The van der Waals surface area contributed by atoms with Gasteiger partial charge in [-0.3, -0.25) is 9.69 Å². The maximum atomic E-state index is 12.0. The lowest BCUT2D eigenvalue weighted by atomic mass is 9.91. The van der Waals surface area contributed by atoms with Gasteiger partial charge in [-0.25, -0.2) is 0 Å². The first-order valence-electron chi connectivity index (χ1n) is 7.44. The van der Waals surface area contributed by atoms with Gasteiger partial charge in [-0.15, -0.1) is 0 Å². The molecular formula is C16H22N2O2. The van der Waals surface area contributed by atoms with Crippen molar-refractivity contribution in [2.24, 2.45) is 0 Å². The minimum atomic E-state index is -0.576. The van der Waals surface area contributed by atoms with Crippen LogP contribution in [-0.4, -0.2) is 41.1 Å². The molecule has 4 heteroatoms. The van der Waals surface area contributed by atoms with Crippen LogP contribution >= 0.6 is 0 Å². The van der Waals surface area contributed by atoms with Gasteiger partial charge in [0.05, 0.1) is 12.1 Å². The number of anilines is 1. The fourth-order valence-corrected chi connectivity index (χ4v) is 3.17. The number of hydrogen-bond donors (Lipinski definition) is 2. The Bertz CT molecular complexity index is 521. The van der Waals surface area contributed by atoms with E-state index in [0.717, 1.165) is 24.9 Å². The van der Waals surface area contributed by atoms with Crippen molar-refractivity contribution < 1.29 is 9.90 Å². The Kier molecular flexibility index (Phi) is 3.52. The summed E-state index contributed by atoms with van der Waals surface area (Å²) in [5, 5.41) is 12.9. The summed E-state index contributed by atoms with van der Waals surface area (Å²) in [6.07, 6.45) is 4.24. The third-order valence-corrected chi connectivity index (χ3v) is 4.44. The van der Waals surface area contributed by atoms with Crippen LogP contribution in [0.5, 0.6) is 0 Å². The molecule has 0 radical (unpaired) electrons. The topological polar surface area (TPSA) is 52.6 Å². The summed E-state index contributed by atoms with van der Waals surface area (Å²) in [4.78, 5) is 14.0. The van der Waals surface area contributed by atoms with Crippen molar-refractivity contribution >= 4 is 11.6 Å². The van der Waals surface area contributed by atoms with E-state index in [2.05, 4.69) is 17.4 Å². The number of hydrogen-bond acceptors (Lipinski definition) is 3. The van der Waals surface area contributed by atoms with E-state index < -0.39 is 5.60 Å². The highest BCUT2D eigenvalue weighted by molar-refractivity contribution is 5.92. The largest absolute Gasteiger partial charge is 0.387 e. The second-order valence-corrected chi connectivity index (χ2v) is 6.11. The maximum absolute atomic E-state index is 12.0. The van der Waals surface area contributed by atoms with Crippen LogP contribution in [0.3, 0.4) is 0 Å². The number of fused-ring (bicyclic) bond motifs is 1. The lowest BCUT2D eigenvalue weighted by Gasteiger charge is -2.45. The number of rotatable bonds is 4. The highest BCUT2D eigenvalue weighted by Crippen LogP contribution is 2.26. The fourth-order valence-electron chi connectivity index (χ4n) is 3.17. The van der Waals surface area contributed by atoms with Crippen LogP contribution in [0.25, 0.3) is 0 Å². The SMILES string of the molecule is CCC1(O)CN(CC(=O)Nc2ccc3c(c2)CCC3)C1. The number of carbonyl (C=O) groups is 1. The summed E-state index contributed by atoms with van der Waals surface area (Å²) in [5.74, 6) is 0.00102. The first-order valence-corrected chi connectivity index (χ1v) is 7.44. The average Bonchev–Trinajstić information content (AvgIpc) is 2.84. The van der Waals surface area contributed by atoms with Crippen LogP contribution in [0.1, 0.15) is 30.9 Å². The van der Waals surface area contributed by atoms with Gasteiger partial charge in [0.1, 0.15) is 0 Å². The number of carbonyl (C=O) groups excluding carboxylic acids is 1. The van der Waals surface area contributed by atoms with Gasteiger partial charge in [0.15, 0.2) is 0 Å². The van der Waals surface area contributed by atoms with Crippen molar-refractivity contribution in [1.82, 2.24) is 4.90 Å². The van der Waals surface area contributed by atoms with Gasteiger partial charge in [0.25, 0.3) is 0 Å². The van der Waals surface area contributed by atoms with E-state index in [9.17, 15) is 9.90 Å². The normalized spacial score (nSPS) is 20.3. The smallest absolute Gasteiger partial charge is 0.238 e. The molecule has 0 unspecified atom stereocenters. The molecule has 0 aromatic heterocycles. The van der Waals surface area contributed by atoms with Crippen LogP contribution in [0, 0.1) is 0 Å². The summed E-state index contributed by atoms with van der Waals surface area (Å²) in [5.41, 5.74) is 3.10. The Morgan fingerprint density at radius 3 is 2.85 bits per heavy atom. The van der Waals surface area contributed by atoms with E-state index >= 15 is 0 Å². The molecule has 1 aliphatic heterocycles. The zero-order chi connectivity index (χ0) is 14.2. The molecule has 1 heterocycles. The third-order valence-electron chi connectivity index (χ3n) is 4.44. The molecule has 0 spiro atoms. The van der Waals surface area contributed by atoms with Crippen molar-refractivity contribution in [1.29, 1.82) is 0 Å². The molecule has 20 heavy (non-hydrogen) atoms. The minimum Gasteiger partial charge on any atom is -0.387 e. The molecule has 1 aliphatic carbocycles. The summed E-state index contributed by atoms with van der Waals surface area (Å²) >= 11 is 0. The molecule has 1 aromatic carbocycles. The first-order chi connectivity index (χ1) is 9.58. The summed E-state index contributed by atoms with van der Waals surface area (Å²) in [6.45, 7) is 3.53. The van der Waals surface area contributed by atoms with Crippen LogP contribution < -0.4 is 5.32 Å². The lowest BCUT2D eigenvalue weighted by molar-refractivity contribution is -0.128. The number of aliphatic hydroxyl groups is 1. The lowest BCUT2D eigenvalue weighted by Crippen LogP contribution is -2.62. The number of benzene rings is 1. The van der Waals surface area contributed by atoms with Gasteiger partial charge in [0, 0.05) is 18.8 Å². The van der Waals surface area contributed by atoms with Crippen molar-refractivity contribution in [2.75, 3.05) is 25.0 Å². The van der Waals surface area contributed by atoms with Gasteiger partial charge >= 0.3 is 0 Å². The second kappa shape index (κ2) is 5.19.